The van der Waals surface area contributed by atoms with Gasteiger partial charge < -0.3 is 24.6 Å². The van der Waals surface area contributed by atoms with Crippen molar-refractivity contribution in [1.82, 2.24) is 9.88 Å². The first-order valence-corrected chi connectivity index (χ1v) is 9.24. The number of hydrogen-bond donors (Lipinski definition) is 2. The van der Waals surface area contributed by atoms with E-state index in [0.717, 1.165) is 19.4 Å². The van der Waals surface area contributed by atoms with Crippen molar-refractivity contribution in [3.63, 3.8) is 0 Å². The molecule has 8 heteroatoms. The molecule has 1 saturated carbocycles. The van der Waals surface area contributed by atoms with Crippen LogP contribution in [0.4, 0.5) is 10.1 Å². The highest BCUT2D eigenvalue weighted by molar-refractivity contribution is 5.93. The topological polar surface area (TPSA) is 83.8 Å². The molecule has 3 heterocycles. The van der Waals surface area contributed by atoms with Crippen molar-refractivity contribution in [2.24, 2.45) is 0 Å². The summed E-state index contributed by atoms with van der Waals surface area (Å²) in [5.74, 6) is -1.80. The lowest BCUT2D eigenvalue weighted by Gasteiger charge is -2.25. The smallest absolute Gasteiger partial charge is 0.341 e. The lowest BCUT2D eigenvalue weighted by molar-refractivity contribution is 0.0212. The molecule has 1 aliphatic carbocycles. The minimum Gasteiger partial charge on any atom is -0.477 e. The van der Waals surface area contributed by atoms with Crippen LogP contribution in [0.25, 0.3) is 10.9 Å². The third-order valence-corrected chi connectivity index (χ3v) is 5.72. The minimum absolute atomic E-state index is 0.0221. The van der Waals surface area contributed by atoms with Crippen LogP contribution in [0.5, 0.6) is 0 Å². The van der Waals surface area contributed by atoms with Gasteiger partial charge in [-0.25, -0.2) is 9.18 Å². The number of pyridine rings is 1. The first kappa shape index (κ1) is 16.7. The molecule has 3 aliphatic rings. The molecule has 1 aromatic heterocycles. The Labute approximate surface area is 154 Å². The molecule has 7 nitrogen and oxygen atoms in total. The van der Waals surface area contributed by atoms with Crippen molar-refractivity contribution < 1.29 is 19.0 Å². The fraction of sp³-hybridized carbons (Fsp3) is 0.474. The van der Waals surface area contributed by atoms with Crippen molar-refractivity contribution in [2.75, 3.05) is 31.1 Å². The summed E-state index contributed by atoms with van der Waals surface area (Å²) >= 11 is 0. The van der Waals surface area contributed by atoms with Gasteiger partial charge in [0.2, 0.25) is 5.43 Å². The van der Waals surface area contributed by atoms with Crippen molar-refractivity contribution >= 4 is 22.6 Å². The van der Waals surface area contributed by atoms with E-state index in [2.05, 4.69) is 5.32 Å². The number of anilines is 1. The van der Waals surface area contributed by atoms with Crippen LogP contribution in [-0.4, -0.2) is 54.0 Å². The summed E-state index contributed by atoms with van der Waals surface area (Å²) in [6, 6.07) is 3.20. The van der Waals surface area contributed by atoms with Gasteiger partial charge in [0.15, 0.2) is 0 Å². The second-order valence-electron chi connectivity index (χ2n) is 7.51. The summed E-state index contributed by atoms with van der Waals surface area (Å²) in [6.45, 7) is 2.65. The van der Waals surface area contributed by atoms with Crippen LogP contribution in [-0.2, 0) is 4.74 Å². The number of morpholine rings is 1. The first-order chi connectivity index (χ1) is 13.0. The Kier molecular flexibility index (Phi) is 3.73. The van der Waals surface area contributed by atoms with Crippen LogP contribution < -0.4 is 15.6 Å². The van der Waals surface area contributed by atoms with Crippen LogP contribution in [0.2, 0.25) is 0 Å². The third-order valence-electron chi connectivity index (χ3n) is 5.72. The number of ether oxygens (including phenoxy) is 1. The van der Waals surface area contributed by atoms with E-state index >= 15 is 0 Å². The molecule has 27 heavy (non-hydrogen) atoms. The van der Waals surface area contributed by atoms with Gasteiger partial charge in [-0.2, -0.15) is 0 Å². The number of aromatic nitrogens is 1. The van der Waals surface area contributed by atoms with Crippen LogP contribution in [0.15, 0.2) is 23.1 Å². The van der Waals surface area contributed by atoms with Crippen LogP contribution >= 0.6 is 0 Å². The summed E-state index contributed by atoms with van der Waals surface area (Å²) < 4.78 is 22.5. The molecule has 2 saturated heterocycles. The van der Waals surface area contributed by atoms with Crippen molar-refractivity contribution in [1.29, 1.82) is 0 Å². The molecule has 142 valence electrons. The number of benzene rings is 1. The zero-order valence-corrected chi connectivity index (χ0v) is 14.7. The number of rotatable bonds is 3. The van der Waals surface area contributed by atoms with Crippen LogP contribution in [0.3, 0.4) is 0 Å². The van der Waals surface area contributed by atoms with Crippen molar-refractivity contribution in [2.45, 2.75) is 31.0 Å². The maximum Gasteiger partial charge on any atom is 0.341 e. The molecule has 0 radical (unpaired) electrons. The van der Waals surface area contributed by atoms with Gasteiger partial charge in [-0.3, -0.25) is 4.79 Å². The fourth-order valence-electron chi connectivity index (χ4n) is 4.20. The van der Waals surface area contributed by atoms with E-state index < -0.39 is 17.2 Å². The second kappa shape index (κ2) is 6.03. The maximum absolute atomic E-state index is 14.9. The Morgan fingerprint density at radius 2 is 2.11 bits per heavy atom. The molecule has 2 unspecified atom stereocenters. The average Bonchev–Trinajstić information content (AvgIpc) is 3.39. The standard InChI is InChI=1S/C19H20FN3O4/c20-13-5-11-15(23(10-1-2-10)7-12(18(11)24)19(25)26)6-16(13)22-8-14-17(9-22)27-4-3-21-14/h5-7,10,14,17,21H,1-4,8-9H2,(H,25,26). The Morgan fingerprint density at radius 1 is 1.30 bits per heavy atom. The first-order valence-electron chi connectivity index (χ1n) is 9.24. The Balaban J connectivity index is 1.64. The second-order valence-corrected chi connectivity index (χ2v) is 7.51. The number of nitrogens with zero attached hydrogens (tertiary/aromatic N) is 2. The lowest BCUT2D eigenvalue weighted by atomic mass is 10.1. The third kappa shape index (κ3) is 2.71. The summed E-state index contributed by atoms with van der Waals surface area (Å²) in [5, 5.41) is 12.8. The van der Waals surface area contributed by atoms with E-state index in [4.69, 9.17) is 4.74 Å². The highest BCUT2D eigenvalue weighted by Crippen LogP contribution is 2.38. The van der Waals surface area contributed by atoms with Crippen LogP contribution in [0.1, 0.15) is 29.2 Å². The van der Waals surface area contributed by atoms with Crippen molar-refractivity contribution in [3.05, 3.63) is 39.9 Å². The van der Waals surface area contributed by atoms with E-state index in [1.54, 1.807) is 6.07 Å². The average molecular weight is 373 g/mol. The number of carbonyl (C=O) groups is 1. The van der Waals surface area contributed by atoms with E-state index in [0.29, 0.717) is 30.9 Å². The Morgan fingerprint density at radius 3 is 2.81 bits per heavy atom. The van der Waals surface area contributed by atoms with E-state index in [1.807, 2.05) is 9.47 Å². The fourth-order valence-corrected chi connectivity index (χ4v) is 4.20. The predicted octanol–water partition coefficient (Wildman–Crippen LogP) is 1.35. The number of carboxylic acids is 1. The normalized spacial score (nSPS) is 25.0. The molecule has 2 N–H and O–H groups in total. The monoisotopic (exact) mass is 373 g/mol. The number of halogens is 1. The predicted molar refractivity (Wildman–Crippen MR) is 97.1 cm³/mol. The van der Waals surface area contributed by atoms with E-state index in [9.17, 15) is 19.1 Å². The summed E-state index contributed by atoms with van der Waals surface area (Å²) in [5.41, 5.74) is 0.0677. The summed E-state index contributed by atoms with van der Waals surface area (Å²) in [7, 11) is 0. The van der Waals surface area contributed by atoms with E-state index in [-0.39, 0.29) is 29.1 Å². The van der Waals surface area contributed by atoms with Gasteiger partial charge in [0.05, 0.1) is 30.0 Å². The molecule has 0 spiro atoms. The van der Waals surface area contributed by atoms with Gasteiger partial charge in [0.25, 0.3) is 0 Å². The molecule has 0 bridgehead atoms. The lowest BCUT2D eigenvalue weighted by Crippen LogP contribution is -2.47. The SMILES string of the molecule is O=C(O)c1cn(C2CC2)c2cc(N3CC4NCCOC4C3)c(F)cc2c1=O. The van der Waals surface area contributed by atoms with Crippen LogP contribution in [0, 0.1) is 5.82 Å². The number of carboxylic acid groups (broad SMARTS) is 1. The highest BCUT2D eigenvalue weighted by Gasteiger charge is 2.37. The zero-order valence-electron chi connectivity index (χ0n) is 14.7. The molecular weight excluding hydrogens is 353 g/mol. The maximum atomic E-state index is 14.9. The van der Waals surface area contributed by atoms with Gasteiger partial charge in [0.1, 0.15) is 11.4 Å². The van der Waals surface area contributed by atoms with Gasteiger partial charge in [-0.15, -0.1) is 0 Å². The summed E-state index contributed by atoms with van der Waals surface area (Å²) in [6.07, 6.45) is 3.28. The van der Waals surface area contributed by atoms with Gasteiger partial charge in [-0.05, 0) is 25.0 Å². The largest absolute Gasteiger partial charge is 0.477 e. The Hall–Kier alpha value is -2.45. The molecule has 1 aromatic carbocycles. The number of fused-ring (bicyclic) bond motifs is 2. The summed E-state index contributed by atoms with van der Waals surface area (Å²) in [4.78, 5) is 25.9. The molecule has 5 rings (SSSR count). The van der Waals surface area contributed by atoms with Gasteiger partial charge in [-0.1, -0.05) is 0 Å². The van der Waals surface area contributed by atoms with Crippen molar-refractivity contribution in [3.8, 4) is 0 Å². The molecule has 2 atom stereocenters. The zero-order chi connectivity index (χ0) is 18.7. The molecule has 0 amide bonds. The number of aromatic carboxylic acids is 1. The minimum atomic E-state index is -1.28. The van der Waals surface area contributed by atoms with E-state index in [1.165, 1.54) is 12.3 Å². The molecule has 2 aliphatic heterocycles. The number of hydrogen-bond acceptors (Lipinski definition) is 5. The molecule has 3 fully saturated rings. The highest BCUT2D eigenvalue weighted by atomic mass is 19.1. The quantitative estimate of drug-likeness (QED) is 0.845. The molecular formula is C19H20FN3O4. The number of nitrogens with one attached hydrogen (secondary N) is 1. The molecule has 2 aromatic rings. The van der Waals surface area contributed by atoms with Gasteiger partial charge >= 0.3 is 5.97 Å². The Bertz CT molecular complexity index is 987. The van der Waals surface area contributed by atoms with Gasteiger partial charge in [0, 0.05) is 37.3 Å².